The lowest BCUT2D eigenvalue weighted by atomic mass is 10.00. The molecule has 0 aliphatic carbocycles. The molecule has 1 heterocycles. The van der Waals surface area contributed by atoms with Crippen molar-refractivity contribution in [1.29, 1.82) is 0 Å². The number of carbonyl (C=O) groups is 2. The van der Waals surface area contributed by atoms with Crippen LogP contribution in [0.1, 0.15) is 117 Å². The number of rotatable bonds is 36. The summed E-state index contributed by atoms with van der Waals surface area (Å²) in [6.07, 6.45) is 52.0. The van der Waals surface area contributed by atoms with Crippen LogP contribution in [0, 0.1) is 0 Å². The minimum absolute atomic E-state index is 0.0131. The van der Waals surface area contributed by atoms with Gasteiger partial charge in [0.25, 0.3) is 10.1 Å². The number of aliphatic hydroxyl groups excluding tert-OH is 3. The summed E-state index contributed by atoms with van der Waals surface area (Å²) >= 11 is 0. The first-order valence-corrected chi connectivity index (χ1v) is 25.0. The van der Waals surface area contributed by atoms with Gasteiger partial charge in [-0.1, -0.05) is 160 Å². The van der Waals surface area contributed by atoms with Crippen LogP contribution >= 0.6 is 0 Å². The zero-order chi connectivity index (χ0) is 48.4. The van der Waals surface area contributed by atoms with Gasteiger partial charge in [-0.3, -0.25) is 14.1 Å². The summed E-state index contributed by atoms with van der Waals surface area (Å²) < 4.78 is 53.9. The second-order valence-corrected chi connectivity index (χ2v) is 16.8. The molecule has 368 valence electrons. The Labute approximate surface area is 395 Å². The van der Waals surface area contributed by atoms with Gasteiger partial charge in [-0.15, -0.1) is 0 Å². The minimum atomic E-state index is -4.63. The van der Waals surface area contributed by atoms with Crippen molar-refractivity contribution in [2.45, 2.75) is 153 Å². The average molecular weight is 939 g/mol. The summed E-state index contributed by atoms with van der Waals surface area (Å²) in [4.78, 5) is 25.4. The summed E-state index contributed by atoms with van der Waals surface area (Å²) in [5.41, 5.74) is 0. The summed E-state index contributed by atoms with van der Waals surface area (Å²) in [5, 5.41) is 30.9. The van der Waals surface area contributed by atoms with E-state index in [1.807, 2.05) is 36.5 Å². The predicted molar refractivity (Wildman–Crippen MR) is 265 cm³/mol. The second kappa shape index (κ2) is 40.8. The van der Waals surface area contributed by atoms with E-state index in [9.17, 15) is 37.9 Å². The Balaban J connectivity index is 2.56. The van der Waals surface area contributed by atoms with Gasteiger partial charge in [0.2, 0.25) is 0 Å². The van der Waals surface area contributed by atoms with Crippen molar-refractivity contribution >= 4 is 22.1 Å². The maximum Gasteiger partial charge on any atom is 0.306 e. The monoisotopic (exact) mass is 939 g/mol. The number of carbonyl (C=O) groups excluding carboxylic acids is 2. The second-order valence-electron chi connectivity index (χ2n) is 15.3. The Hall–Kier alpha value is -4.47. The molecule has 66 heavy (non-hydrogen) atoms. The largest absolute Gasteiger partial charge is 0.462 e. The van der Waals surface area contributed by atoms with E-state index in [4.69, 9.17) is 18.9 Å². The van der Waals surface area contributed by atoms with Gasteiger partial charge in [0.1, 0.15) is 36.8 Å². The smallest absolute Gasteiger partial charge is 0.306 e. The first-order valence-electron chi connectivity index (χ1n) is 23.4. The van der Waals surface area contributed by atoms with Crippen LogP contribution in [-0.2, 0) is 38.7 Å². The fourth-order valence-electron chi connectivity index (χ4n) is 5.90. The molecule has 1 aliphatic rings. The molecule has 0 spiro atoms. The highest BCUT2D eigenvalue weighted by atomic mass is 32.2. The molecule has 0 radical (unpaired) electrons. The van der Waals surface area contributed by atoms with Crippen molar-refractivity contribution in [3.63, 3.8) is 0 Å². The normalized spacial score (nSPS) is 20.7. The van der Waals surface area contributed by atoms with Crippen molar-refractivity contribution in [2.75, 3.05) is 19.0 Å². The fraction of sp³-hybridized carbons (Fsp3) is 0.509. The van der Waals surface area contributed by atoms with E-state index in [-0.39, 0.29) is 12.8 Å². The first-order chi connectivity index (χ1) is 32.0. The van der Waals surface area contributed by atoms with Crippen LogP contribution in [0.25, 0.3) is 0 Å². The highest BCUT2D eigenvalue weighted by Gasteiger charge is 2.46. The van der Waals surface area contributed by atoms with Crippen LogP contribution in [-0.4, -0.2) is 96.0 Å². The van der Waals surface area contributed by atoms with Crippen LogP contribution in [0.3, 0.4) is 0 Å². The van der Waals surface area contributed by atoms with E-state index in [1.165, 1.54) is 0 Å². The van der Waals surface area contributed by atoms with Gasteiger partial charge in [-0.25, -0.2) is 0 Å². The standard InChI is InChI=1S/C53H78O12S/c1-3-5-7-9-11-13-15-17-19-21-23-25-27-29-31-33-35-37-39-41-48(54)62-43-46(44-63-53-52(58)51(57)50(56)47(65-53)45-66(59,60)61)64-49(55)42-40-38-36-34-32-30-28-26-24-22-20-18-16-14-12-10-8-6-4-2/h5-8,11-14,17-20,23-26,29-32,35-38,46-47,50-53,56-58H,3-4,9-10,15-16,21-22,27-28,33-34,39-45H2,1-2H3,(H,59,60,61)/b7-5+,8-6+,13-11+,14-12+,19-17+,20-18+,25-23+,26-24+,31-29+,32-30+,37-35+,38-36+/t46-,47-,50-,51?,52?,53+/m1/s1. The van der Waals surface area contributed by atoms with Crippen molar-refractivity contribution < 1.29 is 56.8 Å². The van der Waals surface area contributed by atoms with Gasteiger partial charge in [0.05, 0.1) is 6.61 Å². The summed E-state index contributed by atoms with van der Waals surface area (Å²) in [5.74, 6) is -2.23. The molecule has 12 nitrogen and oxygen atoms in total. The molecule has 0 bridgehead atoms. The number of hydrogen-bond acceptors (Lipinski definition) is 11. The Bertz CT molecular complexity index is 1760. The number of allylic oxidation sites excluding steroid dienone is 24. The third-order valence-electron chi connectivity index (χ3n) is 9.44. The zero-order valence-electron chi connectivity index (χ0n) is 39.2. The maximum atomic E-state index is 12.8. The quantitative estimate of drug-likeness (QED) is 0.0265. The van der Waals surface area contributed by atoms with Crippen molar-refractivity contribution in [3.05, 3.63) is 146 Å². The van der Waals surface area contributed by atoms with Crippen molar-refractivity contribution in [2.24, 2.45) is 0 Å². The molecule has 0 aromatic rings. The third kappa shape index (κ3) is 34.8. The summed E-state index contributed by atoms with van der Waals surface area (Å²) in [6.45, 7) is 3.38. The van der Waals surface area contributed by atoms with Gasteiger partial charge >= 0.3 is 11.9 Å². The van der Waals surface area contributed by atoms with Crippen molar-refractivity contribution in [1.82, 2.24) is 0 Å². The molecule has 4 N–H and O–H groups in total. The molecule has 0 aromatic carbocycles. The molecule has 1 saturated heterocycles. The average Bonchev–Trinajstić information content (AvgIpc) is 3.28. The number of esters is 2. The lowest BCUT2D eigenvalue weighted by Gasteiger charge is -2.40. The highest BCUT2D eigenvalue weighted by molar-refractivity contribution is 7.85. The molecule has 0 saturated carbocycles. The topological polar surface area (TPSA) is 186 Å². The SMILES string of the molecule is CC/C=C/C/C=C/C/C=C/C/C=C/C/C=C/C/C=C/CCC(=O)OC[C@H](CO[C@H]1O[C@H](CS(=O)(=O)O)[C@@H](O)C(O)C1O)OC(=O)CC/C=C/C/C=C/C/C=C/C/C=C/C/C=C/C/C=C/CC. The molecule has 1 aliphatic heterocycles. The van der Waals surface area contributed by atoms with Crippen LogP contribution in [0.15, 0.2) is 146 Å². The highest BCUT2D eigenvalue weighted by Crippen LogP contribution is 2.23. The van der Waals surface area contributed by atoms with Crippen LogP contribution in [0.4, 0.5) is 0 Å². The molecule has 0 amide bonds. The van der Waals surface area contributed by atoms with Gasteiger partial charge in [0, 0.05) is 12.8 Å². The van der Waals surface area contributed by atoms with Crippen LogP contribution < -0.4 is 0 Å². The molecular formula is C53H78O12S. The Kier molecular flexibility index (Phi) is 36.8. The van der Waals surface area contributed by atoms with E-state index in [0.717, 1.165) is 64.2 Å². The molecular weight excluding hydrogens is 861 g/mol. The van der Waals surface area contributed by atoms with E-state index < -0.39 is 77.8 Å². The zero-order valence-corrected chi connectivity index (χ0v) is 40.0. The number of hydrogen-bond donors (Lipinski definition) is 4. The van der Waals surface area contributed by atoms with Crippen LogP contribution in [0.2, 0.25) is 0 Å². The minimum Gasteiger partial charge on any atom is -0.462 e. The van der Waals surface area contributed by atoms with E-state index >= 15 is 0 Å². The third-order valence-corrected chi connectivity index (χ3v) is 10.2. The van der Waals surface area contributed by atoms with E-state index in [1.54, 1.807) is 0 Å². The Morgan fingerprint density at radius 1 is 0.500 bits per heavy atom. The Morgan fingerprint density at radius 2 is 0.848 bits per heavy atom. The molecule has 1 rings (SSSR count). The fourth-order valence-corrected chi connectivity index (χ4v) is 6.59. The summed E-state index contributed by atoms with van der Waals surface area (Å²) in [6, 6.07) is 0. The maximum absolute atomic E-state index is 12.8. The Morgan fingerprint density at radius 3 is 1.21 bits per heavy atom. The lowest BCUT2D eigenvalue weighted by Crippen LogP contribution is -2.60. The van der Waals surface area contributed by atoms with Crippen LogP contribution in [0.5, 0.6) is 0 Å². The van der Waals surface area contributed by atoms with E-state index in [0.29, 0.717) is 25.7 Å². The van der Waals surface area contributed by atoms with Gasteiger partial charge < -0.3 is 34.3 Å². The molecule has 0 aromatic heterocycles. The lowest BCUT2D eigenvalue weighted by molar-refractivity contribution is -0.297. The molecule has 1 fully saturated rings. The van der Waals surface area contributed by atoms with Crippen molar-refractivity contribution in [3.8, 4) is 0 Å². The molecule has 13 heteroatoms. The van der Waals surface area contributed by atoms with E-state index in [2.05, 4.69) is 123 Å². The van der Waals surface area contributed by atoms with Gasteiger partial charge in [-0.2, -0.15) is 8.42 Å². The van der Waals surface area contributed by atoms with Gasteiger partial charge in [-0.05, 0) is 89.9 Å². The molecule has 2 unspecified atom stereocenters. The van der Waals surface area contributed by atoms with Gasteiger partial charge in [0.15, 0.2) is 12.4 Å². The number of ether oxygens (including phenoxy) is 4. The number of aliphatic hydroxyl groups is 3. The first kappa shape index (κ1) is 59.5. The summed E-state index contributed by atoms with van der Waals surface area (Å²) in [7, 11) is -4.63. The molecule has 6 atom stereocenters. The predicted octanol–water partition coefficient (Wildman–Crippen LogP) is 10.1.